The summed E-state index contributed by atoms with van der Waals surface area (Å²) in [4.78, 5) is 14.4. The van der Waals surface area contributed by atoms with Gasteiger partial charge in [-0.15, -0.1) is 0 Å². The van der Waals surface area contributed by atoms with Crippen LogP contribution < -0.4 is 15.5 Å². The minimum Gasteiger partial charge on any atom is -0.378 e. The Morgan fingerprint density at radius 1 is 1.16 bits per heavy atom. The Bertz CT molecular complexity index is 728. The maximum atomic E-state index is 12.1. The molecule has 0 aliphatic carbocycles. The summed E-state index contributed by atoms with van der Waals surface area (Å²) in [6.07, 6.45) is 0. The van der Waals surface area contributed by atoms with Crippen molar-refractivity contribution >= 4 is 38.9 Å². The highest BCUT2D eigenvalue weighted by Gasteiger charge is 2.11. The van der Waals surface area contributed by atoms with Crippen LogP contribution in [0, 0.1) is 6.92 Å². The number of rotatable bonds is 5. The number of aryl methyl sites for hydroxylation is 1. The molecular formula is C19H22BrN3O2. The van der Waals surface area contributed by atoms with E-state index in [1.807, 2.05) is 49.4 Å². The highest BCUT2D eigenvalue weighted by molar-refractivity contribution is 9.10. The molecule has 0 spiro atoms. The molecule has 6 heteroatoms. The molecular weight excluding hydrogens is 382 g/mol. The van der Waals surface area contributed by atoms with E-state index in [0.29, 0.717) is 0 Å². The van der Waals surface area contributed by atoms with Crippen LogP contribution in [0.5, 0.6) is 0 Å². The van der Waals surface area contributed by atoms with Crippen LogP contribution in [-0.4, -0.2) is 38.8 Å². The first-order valence-corrected chi connectivity index (χ1v) is 9.14. The van der Waals surface area contributed by atoms with E-state index in [9.17, 15) is 4.79 Å². The molecule has 0 radical (unpaired) electrons. The first kappa shape index (κ1) is 17.8. The first-order valence-electron chi connectivity index (χ1n) is 8.34. The summed E-state index contributed by atoms with van der Waals surface area (Å²) in [5.41, 5.74) is 4.03. The zero-order chi connectivity index (χ0) is 17.6. The second kappa shape index (κ2) is 8.36. The van der Waals surface area contributed by atoms with Crippen LogP contribution in [0.4, 0.5) is 17.1 Å². The molecule has 25 heavy (non-hydrogen) atoms. The molecule has 1 saturated heterocycles. The Hall–Kier alpha value is -2.05. The normalized spacial score (nSPS) is 14.2. The van der Waals surface area contributed by atoms with Crippen LogP contribution in [-0.2, 0) is 9.53 Å². The van der Waals surface area contributed by atoms with Gasteiger partial charge in [0.15, 0.2) is 0 Å². The Morgan fingerprint density at radius 3 is 2.56 bits per heavy atom. The number of amides is 1. The molecule has 0 bridgehead atoms. The van der Waals surface area contributed by atoms with E-state index in [1.54, 1.807) is 0 Å². The van der Waals surface area contributed by atoms with Gasteiger partial charge in [0.1, 0.15) is 0 Å². The third-order valence-electron chi connectivity index (χ3n) is 4.09. The predicted octanol–water partition coefficient (Wildman–Crippen LogP) is 3.64. The lowest BCUT2D eigenvalue weighted by atomic mass is 10.2. The van der Waals surface area contributed by atoms with Crippen molar-refractivity contribution in [3.63, 3.8) is 0 Å². The van der Waals surface area contributed by atoms with Gasteiger partial charge in [0.25, 0.3) is 0 Å². The summed E-state index contributed by atoms with van der Waals surface area (Å²) < 4.78 is 6.32. The van der Waals surface area contributed by atoms with Crippen molar-refractivity contribution in [2.45, 2.75) is 6.92 Å². The zero-order valence-electron chi connectivity index (χ0n) is 14.2. The number of hydrogen-bond acceptors (Lipinski definition) is 4. The quantitative estimate of drug-likeness (QED) is 0.799. The minimum absolute atomic E-state index is 0.0772. The number of halogens is 1. The summed E-state index contributed by atoms with van der Waals surface area (Å²) in [6.45, 7) is 5.58. The Balaban J connectivity index is 1.52. The number of nitrogens with zero attached hydrogens (tertiary/aromatic N) is 1. The molecule has 0 atom stereocenters. The van der Waals surface area contributed by atoms with Crippen LogP contribution in [0.1, 0.15) is 5.56 Å². The predicted molar refractivity (Wildman–Crippen MR) is 105 cm³/mol. The lowest BCUT2D eigenvalue weighted by Gasteiger charge is -2.28. The van der Waals surface area contributed by atoms with Crippen LogP contribution in [0.2, 0.25) is 0 Å². The van der Waals surface area contributed by atoms with E-state index >= 15 is 0 Å². The van der Waals surface area contributed by atoms with E-state index in [-0.39, 0.29) is 12.5 Å². The summed E-state index contributed by atoms with van der Waals surface area (Å²) in [7, 11) is 0. The lowest BCUT2D eigenvalue weighted by molar-refractivity contribution is -0.114. The van der Waals surface area contributed by atoms with Crippen LogP contribution in [0.15, 0.2) is 46.9 Å². The minimum atomic E-state index is -0.0772. The van der Waals surface area contributed by atoms with Crippen molar-refractivity contribution in [2.24, 2.45) is 0 Å². The van der Waals surface area contributed by atoms with Crippen molar-refractivity contribution in [3.8, 4) is 0 Å². The van der Waals surface area contributed by atoms with E-state index in [0.717, 1.165) is 47.8 Å². The second-order valence-electron chi connectivity index (χ2n) is 6.03. The largest absolute Gasteiger partial charge is 0.378 e. The summed E-state index contributed by atoms with van der Waals surface area (Å²) in [6, 6.07) is 13.9. The van der Waals surface area contributed by atoms with Gasteiger partial charge in [0.05, 0.1) is 19.8 Å². The second-order valence-corrected chi connectivity index (χ2v) is 6.89. The van der Waals surface area contributed by atoms with Gasteiger partial charge in [-0.05, 0) is 64.8 Å². The Morgan fingerprint density at radius 2 is 1.88 bits per heavy atom. The van der Waals surface area contributed by atoms with Gasteiger partial charge < -0.3 is 20.3 Å². The summed E-state index contributed by atoms with van der Waals surface area (Å²) in [5, 5.41) is 6.06. The van der Waals surface area contributed by atoms with Gasteiger partial charge in [0.2, 0.25) is 5.91 Å². The van der Waals surface area contributed by atoms with Crippen molar-refractivity contribution in [2.75, 3.05) is 48.4 Å². The molecule has 1 fully saturated rings. The molecule has 2 aromatic rings. The average molecular weight is 404 g/mol. The smallest absolute Gasteiger partial charge is 0.243 e. The molecule has 0 aromatic heterocycles. The molecule has 0 saturated carbocycles. The number of benzene rings is 2. The average Bonchev–Trinajstić information content (AvgIpc) is 2.62. The van der Waals surface area contributed by atoms with Crippen molar-refractivity contribution in [3.05, 3.63) is 52.5 Å². The van der Waals surface area contributed by atoms with Crippen molar-refractivity contribution < 1.29 is 9.53 Å². The van der Waals surface area contributed by atoms with E-state index in [4.69, 9.17) is 4.74 Å². The number of anilines is 3. The number of morpholine rings is 1. The molecule has 0 unspecified atom stereocenters. The molecule has 132 valence electrons. The van der Waals surface area contributed by atoms with Crippen LogP contribution in [0.3, 0.4) is 0 Å². The fraction of sp³-hybridized carbons (Fsp3) is 0.316. The fourth-order valence-electron chi connectivity index (χ4n) is 2.72. The zero-order valence-corrected chi connectivity index (χ0v) is 15.8. The summed E-state index contributed by atoms with van der Waals surface area (Å²) >= 11 is 3.50. The highest BCUT2D eigenvalue weighted by Crippen LogP contribution is 2.23. The lowest BCUT2D eigenvalue weighted by Crippen LogP contribution is -2.36. The fourth-order valence-corrected chi connectivity index (χ4v) is 3.35. The molecule has 1 heterocycles. The van der Waals surface area contributed by atoms with Gasteiger partial charge in [-0.3, -0.25) is 4.79 Å². The highest BCUT2D eigenvalue weighted by atomic mass is 79.9. The topological polar surface area (TPSA) is 53.6 Å². The molecule has 2 N–H and O–H groups in total. The van der Waals surface area contributed by atoms with Gasteiger partial charge in [-0.25, -0.2) is 0 Å². The van der Waals surface area contributed by atoms with Crippen LogP contribution in [0.25, 0.3) is 0 Å². The number of carbonyl (C=O) groups excluding carboxylic acids is 1. The van der Waals surface area contributed by atoms with Gasteiger partial charge in [0, 0.05) is 34.6 Å². The van der Waals surface area contributed by atoms with Gasteiger partial charge in [-0.1, -0.05) is 6.07 Å². The van der Waals surface area contributed by atoms with Gasteiger partial charge in [-0.2, -0.15) is 0 Å². The third-order valence-corrected chi connectivity index (χ3v) is 4.75. The third kappa shape index (κ3) is 4.96. The summed E-state index contributed by atoms with van der Waals surface area (Å²) in [5.74, 6) is -0.0772. The van der Waals surface area contributed by atoms with E-state index in [1.165, 1.54) is 5.56 Å². The van der Waals surface area contributed by atoms with E-state index in [2.05, 4.69) is 31.5 Å². The molecule has 1 amide bonds. The standard InChI is InChI=1S/C19H22BrN3O2/c1-14-2-7-18(17(20)12-14)21-13-19(24)22-15-3-5-16(6-4-15)23-8-10-25-11-9-23/h2-7,12,21H,8-11,13H2,1H3,(H,22,24). The molecule has 3 rings (SSSR count). The van der Waals surface area contributed by atoms with Crippen LogP contribution >= 0.6 is 15.9 Å². The molecule has 1 aliphatic heterocycles. The maximum Gasteiger partial charge on any atom is 0.243 e. The number of ether oxygens (including phenoxy) is 1. The maximum absolute atomic E-state index is 12.1. The number of carbonyl (C=O) groups is 1. The SMILES string of the molecule is Cc1ccc(NCC(=O)Nc2ccc(N3CCOCC3)cc2)c(Br)c1. The molecule has 5 nitrogen and oxygen atoms in total. The Kier molecular flexibility index (Phi) is 5.94. The number of nitrogens with one attached hydrogen (secondary N) is 2. The van der Waals surface area contributed by atoms with Crippen molar-refractivity contribution in [1.29, 1.82) is 0 Å². The molecule has 2 aromatic carbocycles. The Labute approximate surface area is 156 Å². The van der Waals surface area contributed by atoms with Gasteiger partial charge >= 0.3 is 0 Å². The number of hydrogen-bond donors (Lipinski definition) is 2. The first-order chi connectivity index (χ1) is 12.1. The monoisotopic (exact) mass is 403 g/mol. The van der Waals surface area contributed by atoms with E-state index < -0.39 is 0 Å². The molecule has 1 aliphatic rings. The van der Waals surface area contributed by atoms with Crippen molar-refractivity contribution in [1.82, 2.24) is 0 Å².